The maximum absolute atomic E-state index is 4.00. The third-order valence-electron chi connectivity index (χ3n) is 10.8. The van der Waals surface area contributed by atoms with E-state index in [9.17, 15) is 0 Å². The summed E-state index contributed by atoms with van der Waals surface area (Å²) in [4.78, 5) is 0. The summed E-state index contributed by atoms with van der Waals surface area (Å²) in [7, 11) is -4.10. The van der Waals surface area contributed by atoms with Crippen LogP contribution >= 0.6 is 0 Å². The van der Waals surface area contributed by atoms with Crippen LogP contribution in [0.1, 0.15) is 38.8 Å². The Morgan fingerprint density at radius 2 is 0.729 bits per heavy atom. The first-order chi connectivity index (χ1) is 23.5. The number of hydrogen-bond donors (Lipinski definition) is 0. The molecule has 0 spiro atoms. The van der Waals surface area contributed by atoms with E-state index < -0.39 is 16.1 Å². The quantitative estimate of drug-likeness (QED) is 0.0954. The SMILES string of the molecule is CC[Si](C#Cc1c2ccccc2c(C#C[Si](CC)(CC)c2ccccc2)c2cc3cc4ccccc4cc3cc12)(CC)c1ccccc1. The van der Waals surface area contributed by atoms with Crippen LogP contribution in [0.5, 0.6) is 0 Å². The van der Waals surface area contributed by atoms with Gasteiger partial charge >= 0.3 is 0 Å². The van der Waals surface area contributed by atoms with Gasteiger partial charge in [-0.1, -0.05) is 149 Å². The molecule has 0 saturated heterocycles. The van der Waals surface area contributed by atoms with E-state index in [1.54, 1.807) is 0 Å². The van der Waals surface area contributed by atoms with Gasteiger partial charge in [0.2, 0.25) is 0 Å². The number of hydrogen-bond acceptors (Lipinski definition) is 0. The van der Waals surface area contributed by atoms with E-state index in [0.717, 1.165) is 35.3 Å². The zero-order chi connectivity index (χ0) is 33.1. The highest BCUT2D eigenvalue weighted by molar-refractivity contribution is 6.98. The van der Waals surface area contributed by atoms with Crippen molar-refractivity contribution in [3.05, 3.63) is 145 Å². The van der Waals surface area contributed by atoms with Crippen LogP contribution in [-0.2, 0) is 0 Å². The first-order valence-corrected chi connectivity index (χ1v) is 22.4. The molecule has 0 bridgehead atoms. The van der Waals surface area contributed by atoms with Gasteiger partial charge in [-0.15, -0.1) is 11.1 Å². The maximum atomic E-state index is 4.00. The highest BCUT2D eigenvalue weighted by Gasteiger charge is 2.31. The molecule has 0 nitrogen and oxygen atoms in total. The van der Waals surface area contributed by atoms with E-state index in [0.29, 0.717) is 0 Å². The Labute approximate surface area is 287 Å². The third-order valence-corrected chi connectivity index (χ3v) is 19.7. The lowest BCUT2D eigenvalue weighted by atomic mass is 9.90. The van der Waals surface area contributed by atoms with Gasteiger partial charge in [0.15, 0.2) is 16.1 Å². The summed E-state index contributed by atoms with van der Waals surface area (Å²) in [5, 5.41) is 12.7. The zero-order valence-electron chi connectivity index (χ0n) is 28.5. The molecule has 0 aliphatic carbocycles. The first-order valence-electron chi connectivity index (χ1n) is 17.5. The Kier molecular flexibility index (Phi) is 8.81. The zero-order valence-corrected chi connectivity index (χ0v) is 30.5. The van der Waals surface area contributed by atoms with Crippen molar-refractivity contribution in [2.75, 3.05) is 0 Å². The van der Waals surface area contributed by atoms with Crippen LogP contribution < -0.4 is 10.4 Å². The van der Waals surface area contributed by atoms with Crippen LogP contribution in [-0.4, -0.2) is 16.1 Å². The van der Waals surface area contributed by atoms with Crippen molar-refractivity contribution in [3.63, 3.8) is 0 Å². The smallest absolute Gasteiger partial charge is 0.120 e. The minimum absolute atomic E-state index is 1.09. The summed E-state index contributed by atoms with van der Waals surface area (Å²) in [5.41, 5.74) is 10.3. The van der Waals surface area contributed by atoms with E-state index in [2.05, 4.69) is 184 Å². The summed E-state index contributed by atoms with van der Waals surface area (Å²) in [6, 6.07) is 53.5. The van der Waals surface area contributed by atoms with Crippen molar-refractivity contribution < 1.29 is 0 Å². The molecule has 7 aromatic carbocycles. The lowest BCUT2D eigenvalue weighted by Gasteiger charge is -2.24. The summed E-state index contributed by atoms with van der Waals surface area (Å²) in [6.45, 7) is 9.31. The Morgan fingerprint density at radius 3 is 1.10 bits per heavy atom. The molecule has 0 saturated carbocycles. The van der Waals surface area contributed by atoms with Crippen LogP contribution in [0.4, 0.5) is 0 Å². The summed E-state index contributed by atoms with van der Waals surface area (Å²) in [5.74, 6) is 7.79. The highest BCUT2D eigenvalue weighted by Crippen LogP contribution is 2.36. The highest BCUT2D eigenvalue weighted by atomic mass is 28.3. The van der Waals surface area contributed by atoms with Crippen LogP contribution in [0.3, 0.4) is 0 Å². The fourth-order valence-electron chi connectivity index (χ4n) is 7.58. The molecule has 0 aliphatic rings. The predicted octanol–water partition coefficient (Wildman–Crippen LogP) is 10.9. The minimum Gasteiger partial charge on any atom is -0.120 e. The molecular formula is C46H42Si2. The van der Waals surface area contributed by atoms with Gasteiger partial charge in [-0.05, 0) is 102 Å². The second kappa shape index (κ2) is 13.3. The Balaban J connectivity index is 1.57. The first kappa shape index (κ1) is 31.7. The summed E-state index contributed by atoms with van der Waals surface area (Å²) >= 11 is 0. The number of fused-ring (bicyclic) bond motifs is 4. The van der Waals surface area contributed by atoms with E-state index in [1.165, 1.54) is 53.5 Å². The molecule has 48 heavy (non-hydrogen) atoms. The van der Waals surface area contributed by atoms with Crippen molar-refractivity contribution in [3.8, 4) is 22.9 Å². The Morgan fingerprint density at radius 1 is 0.375 bits per heavy atom. The van der Waals surface area contributed by atoms with Crippen molar-refractivity contribution in [1.82, 2.24) is 0 Å². The molecule has 0 atom stereocenters. The molecule has 0 heterocycles. The second-order valence-corrected chi connectivity index (χ2v) is 21.9. The van der Waals surface area contributed by atoms with Gasteiger partial charge in [-0.2, -0.15) is 0 Å². The normalized spacial score (nSPS) is 11.8. The largest absolute Gasteiger partial charge is 0.168 e. The van der Waals surface area contributed by atoms with Crippen molar-refractivity contribution in [2.24, 2.45) is 0 Å². The molecule has 0 aromatic heterocycles. The number of rotatable bonds is 6. The van der Waals surface area contributed by atoms with Crippen LogP contribution in [0, 0.1) is 22.9 Å². The van der Waals surface area contributed by atoms with Crippen molar-refractivity contribution in [2.45, 2.75) is 51.9 Å². The van der Waals surface area contributed by atoms with E-state index in [1.807, 2.05) is 0 Å². The monoisotopic (exact) mass is 650 g/mol. The molecule has 7 rings (SSSR count). The Bertz CT molecular complexity index is 2220. The van der Waals surface area contributed by atoms with Gasteiger partial charge in [0.05, 0.1) is 0 Å². The van der Waals surface area contributed by atoms with Crippen LogP contribution in [0.15, 0.2) is 133 Å². The molecule has 0 aliphatic heterocycles. The lowest BCUT2D eigenvalue weighted by molar-refractivity contribution is 1.30. The molecular weight excluding hydrogens is 609 g/mol. The van der Waals surface area contributed by atoms with Gasteiger partial charge in [-0.25, -0.2) is 0 Å². The maximum Gasteiger partial charge on any atom is 0.168 e. The van der Waals surface area contributed by atoms with E-state index in [4.69, 9.17) is 0 Å². The molecule has 7 aromatic rings. The van der Waals surface area contributed by atoms with Gasteiger partial charge in [-0.3, -0.25) is 0 Å². The summed E-state index contributed by atoms with van der Waals surface area (Å²) in [6.07, 6.45) is 0. The molecule has 0 radical (unpaired) electrons. The van der Waals surface area contributed by atoms with Gasteiger partial charge in [0, 0.05) is 11.1 Å². The van der Waals surface area contributed by atoms with Gasteiger partial charge in [0.1, 0.15) is 0 Å². The molecule has 0 unspecified atom stereocenters. The average molecular weight is 651 g/mol. The minimum atomic E-state index is -2.05. The number of benzene rings is 7. The standard InChI is InChI=1S/C46H42Si2/c1-5-47(6-2,39-21-11-9-12-22-39)29-27-43-41-25-17-18-26-42(41)44(28-30-48(7-3,8-4)40-23-13-10-14-24-40)46-34-38-32-36-20-16-15-19-35(36)31-37(38)33-45(43)46/h9-26,31-34H,5-8H2,1-4H3. The third kappa shape index (κ3) is 5.56. The van der Waals surface area contributed by atoms with Crippen molar-refractivity contribution >= 4 is 69.6 Å². The fraction of sp³-hybridized carbons (Fsp3) is 0.174. The topological polar surface area (TPSA) is 0 Å². The lowest BCUT2D eigenvalue weighted by Crippen LogP contribution is -2.45. The van der Waals surface area contributed by atoms with E-state index in [-0.39, 0.29) is 0 Å². The molecule has 0 amide bonds. The molecule has 0 fully saturated rings. The molecule has 234 valence electrons. The van der Waals surface area contributed by atoms with Crippen LogP contribution in [0.2, 0.25) is 24.2 Å². The average Bonchev–Trinajstić information content (AvgIpc) is 3.15. The predicted molar refractivity (Wildman–Crippen MR) is 216 cm³/mol. The summed E-state index contributed by atoms with van der Waals surface area (Å²) < 4.78 is 0. The van der Waals surface area contributed by atoms with Crippen LogP contribution in [0.25, 0.3) is 43.1 Å². The van der Waals surface area contributed by atoms with E-state index >= 15 is 0 Å². The van der Waals surface area contributed by atoms with Gasteiger partial charge in [0.25, 0.3) is 0 Å². The molecule has 2 heteroatoms. The van der Waals surface area contributed by atoms with Crippen molar-refractivity contribution in [1.29, 1.82) is 0 Å². The second-order valence-electron chi connectivity index (χ2n) is 13.1. The fourth-order valence-corrected chi connectivity index (χ4v) is 13.6. The van der Waals surface area contributed by atoms with Gasteiger partial charge < -0.3 is 0 Å². The molecule has 0 N–H and O–H groups in total. The Hall–Kier alpha value is -4.87.